The number of carboxylic acids is 1. The lowest BCUT2D eigenvalue weighted by molar-refractivity contribution is -0.119. The van der Waals surface area contributed by atoms with E-state index in [1.165, 1.54) is 7.11 Å². The predicted octanol–water partition coefficient (Wildman–Crippen LogP) is 2.35. The molecule has 0 radical (unpaired) electrons. The first-order chi connectivity index (χ1) is 15.8. The molecule has 0 atom stereocenters. The van der Waals surface area contributed by atoms with E-state index in [2.05, 4.69) is 20.4 Å². The number of carbonyl (C=O) groups excluding carboxylic acids is 2. The highest BCUT2D eigenvalue weighted by Crippen LogP contribution is 2.25. The van der Waals surface area contributed by atoms with Crippen molar-refractivity contribution < 1.29 is 24.2 Å². The fourth-order valence-electron chi connectivity index (χ4n) is 3.89. The van der Waals surface area contributed by atoms with Gasteiger partial charge in [-0.2, -0.15) is 0 Å². The van der Waals surface area contributed by atoms with Crippen molar-refractivity contribution in [2.45, 2.75) is 13.8 Å². The van der Waals surface area contributed by atoms with Gasteiger partial charge >= 0.3 is 5.97 Å². The van der Waals surface area contributed by atoms with E-state index in [4.69, 9.17) is 4.74 Å². The second-order valence-electron chi connectivity index (χ2n) is 8.09. The van der Waals surface area contributed by atoms with Crippen LogP contribution in [0.2, 0.25) is 0 Å². The van der Waals surface area contributed by atoms with Crippen molar-refractivity contribution in [1.29, 1.82) is 0 Å². The highest BCUT2D eigenvalue weighted by Gasteiger charge is 2.22. The van der Waals surface area contributed by atoms with Crippen LogP contribution in [0.1, 0.15) is 21.5 Å². The van der Waals surface area contributed by atoms with Gasteiger partial charge in [-0.3, -0.25) is 14.5 Å². The molecule has 2 aromatic rings. The van der Waals surface area contributed by atoms with Gasteiger partial charge in [-0.05, 0) is 43.2 Å². The third-order valence-corrected chi connectivity index (χ3v) is 5.63. The minimum absolute atomic E-state index is 0.0207. The normalized spacial score (nSPS) is 14.1. The molecule has 176 valence electrons. The number of benzene rings is 2. The van der Waals surface area contributed by atoms with Gasteiger partial charge in [0.15, 0.2) is 0 Å². The van der Waals surface area contributed by atoms with Crippen molar-refractivity contribution in [2.24, 2.45) is 0 Å². The molecular formula is C24H30N4O5. The van der Waals surface area contributed by atoms with Gasteiger partial charge in [-0.15, -0.1) is 0 Å². The molecule has 0 unspecified atom stereocenters. The summed E-state index contributed by atoms with van der Waals surface area (Å²) in [7, 11) is 1.40. The largest absolute Gasteiger partial charge is 0.478 e. The summed E-state index contributed by atoms with van der Waals surface area (Å²) >= 11 is 0. The van der Waals surface area contributed by atoms with E-state index in [9.17, 15) is 19.5 Å². The summed E-state index contributed by atoms with van der Waals surface area (Å²) in [6, 6.07) is 10.9. The smallest absolute Gasteiger partial charge is 0.337 e. The van der Waals surface area contributed by atoms with E-state index in [-0.39, 0.29) is 23.8 Å². The number of aromatic carboxylic acids is 1. The van der Waals surface area contributed by atoms with Gasteiger partial charge in [-0.1, -0.05) is 18.2 Å². The van der Waals surface area contributed by atoms with Gasteiger partial charge < -0.3 is 25.4 Å². The number of para-hydroxylation sites is 1. The summed E-state index contributed by atoms with van der Waals surface area (Å²) in [6.07, 6.45) is 0. The van der Waals surface area contributed by atoms with Crippen molar-refractivity contribution in [2.75, 3.05) is 62.0 Å². The number of piperazine rings is 1. The van der Waals surface area contributed by atoms with Crippen LogP contribution in [-0.4, -0.2) is 74.2 Å². The van der Waals surface area contributed by atoms with Gasteiger partial charge in [0.1, 0.15) is 6.61 Å². The molecule has 1 aliphatic rings. The van der Waals surface area contributed by atoms with Crippen LogP contribution in [0, 0.1) is 13.8 Å². The van der Waals surface area contributed by atoms with E-state index in [0.29, 0.717) is 32.7 Å². The van der Waals surface area contributed by atoms with Crippen molar-refractivity contribution in [3.05, 3.63) is 53.1 Å². The van der Waals surface area contributed by atoms with Crippen molar-refractivity contribution in [3.63, 3.8) is 0 Å². The van der Waals surface area contributed by atoms with Gasteiger partial charge in [0, 0.05) is 44.7 Å². The number of amides is 2. The van der Waals surface area contributed by atoms with E-state index in [0.717, 1.165) is 22.5 Å². The summed E-state index contributed by atoms with van der Waals surface area (Å²) in [6.45, 7) is 6.76. The van der Waals surface area contributed by atoms with Crippen molar-refractivity contribution in [3.8, 4) is 0 Å². The van der Waals surface area contributed by atoms with Crippen LogP contribution >= 0.6 is 0 Å². The summed E-state index contributed by atoms with van der Waals surface area (Å²) in [5.74, 6) is -1.59. The zero-order chi connectivity index (χ0) is 24.0. The Morgan fingerprint density at radius 3 is 2.24 bits per heavy atom. The number of rotatable bonds is 8. The summed E-state index contributed by atoms with van der Waals surface area (Å²) < 4.78 is 4.78. The Morgan fingerprint density at radius 1 is 0.970 bits per heavy atom. The van der Waals surface area contributed by atoms with E-state index in [1.807, 2.05) is 32.0 Å². The number of carbonyl (C=O) groups is 3. The van der Waals surface area contributed by atoms with Crippen molar-refractivity contribution in [1.82, 2.24) is 4.90 Å². The van der Waals surface area contributed by atoms with Crippen molar-refractivity contribution >= 4 is 34.8 Å². The lowest BCUT2D eigenvalue weighted by Crippen LogP contribution is -2.48. The molecule has 3 rings (SSSR count). The van der Waals surface area contributed by atoms with Gasteiger partial charge in [0.05, 0.1) is 17.8 Å². The zero-order valence-corrected chi connectivity index (χ0v) is 19.2. The number of ether oxygens (including phenoxy) is 1. The molecule has 1 heterocycles. The molecule has 0 spiro atoms. The summed E-state index contributed by atoms with van der Waals surface area (Å²) in [5.41, 5.74) is 3.94. The van der Waals surface area contributed by atoms with Crippen LogP contribution in [0.5, 0.6) is 0 Å². The number of hydrogen-bond acceptors (Lipinski definition) is 6. The van der Waals surface area contributed by atoms with E-state index < -0.39 is 11.9 Å². The Labute approximate surface area is 193 Å². The minimum Gasteiger partial charge on any atom is -0.478 e. The Balaban J connectivity index is 1.59. The number of carboxylic acid groups (broad SMARTS) is 1. The number of nitrogens with one attached hydrogen (secondary N) is 2. The van der Waals surface area contributed by atoms with Crippen LogP contribution in [0.15, 0.2) is 36.4 Å². The standard InChI is InChI=1S/C24H30N4O5/c1-16-5-4-6-17(2)23(16)26-21(29)14-27-9-11-28(12-10-27)18-7-8-20(19(13-18)24(31)32)25-22(30)15-33-3/h4-8,13H,9-12,14-15H2,1-3H3,(H,25,30)(H,26,29)(H,31,32). The molecule has 1 fully saturated rings. The first-order valence-corrected chi connectivity index (χ1v) is 10.8. The highest BCUT2D eigenvalue weighted by atomic mass is 16.5. The maximum absolute atomic E-state index is 12.6. The molecule has 3 N–H and O–H groups in total. The first-order valence-electron chi connectivity index (χ1n) is 10.8. The number of methoxy groups -OCH3 is 1. The fourth-order valence-corrected chi connectivity index (χ4v) is 3.89. The SMILES string of the molecule is COCC(=O)Nc1ccc(N2CCN(CC(=O)Nc3c(C)cccc3C)CC2)cc1C(=O)O. The second kappa shape index (κ2) is 10.9. The average molecular weight is 455 g/mol. The van der Waals surface area contributed by atoms with E-state index >= 15 is 0 Å². The third kappa shape index (κ3) is 6.30. The molecular weight excluding hydrogens is 424 g/mol. The van der Waals surface area contributed by atoms with Crippen LogP contribution in [0.3, 0.4) is 0 Å². The lowest BCUT2D eigenvalue weighted by Gasteiger charge is -2.36. The number of nitrogens with zero attached hydrogens (tertiary/aromatic N) is 2. The van der Waals surface area contributed by atoms with E-state index in [1.54, 1.807) is 18.2 Å². The number of hydrogen-bond donors (Lipinski definition) is 3. The monoisotopic (exact) mass is 454 g/mol. The maximum Gasteiger partial charge on any atom is 0.337 e. The molecule has 1 saturated heterocycles. The van der Waals surface area contributed by atoms with Gasteiger partial charge in [0.25, 0.3) is 0 Å². The molecule has 0 aliphatic carbocycles. The Hall–Kier alpha value is -3.43. The molecule has 1 aliphatic heterocycles. The third-order valence-electron chi connectivity index (χ3n) is 5.63. The van der Waals surface area contributed by atoms with Gasteiger partial charge in [0.2, 0.25) is 11.8 Å². The van der Waals surface area contributed by atoms with Crippen LogP contribution < -0.4 is 15.5 Å². The van der Waals surface area contributed by atoms with Crippen LogP contribution in [0.4, 0.5) is 17.1 Å². The highest BCUT2D eigenvalue weighted by molar-refractivity contribution is 6.01. The fraction of sp³-hybridized carbons (Fsp3) is 0.375. The molecule has 0 bridgehead atoms. The lowest BCUT2D eigenvalue weighted by atomic mass is 10.1. The second-order valence-corrected chi connectivity index (χ2v) is 8.09. The molecule has 0 aromatic heterocycles. The van der Waals surface area contributed by atoms with Crippen LogP contribution in [0.25, 0.3) is 0 Å². The first kappa shape index (κ1) is 24.2. The molecule has 0 saturated carbocycles. The van der Waals surface area contributed by atoms with Gasteiger partial charge in [-0.25, -0.2) is 4.79 Å². The number of aryl methyl sites for hydroxylation is 2. The Morgan fingerprint density at radius 2 is 1.64 bits per heavy atom. The minimum atomic E-state index is -1.12. The summed E-state index contributed by atoms with van der Waals surface area (Å²) in [4.78, 5) is 40.2. The molecule has 33 heavy (non-hydrogen) atoms. The number of anilines is 3. The molecule has 2 aromatic carbocycles. The Bertz CT molecular complexity index is 1010. The maximum atomic E-state index is 12.6. The average Bonchev–Trinajstić information content (AvgIpc) is 2.77. The molecule has 9 heteroatoms. The Kier molecular flexibility index (Phi) is 8.02. The summed E-state index contributed by atoms with van der Waals surface area (Å²) in [5, 5.41) is 15.2. The quantitative estimate of drug-likeness (QED) is 0.561. The zero-order valence-electron chi connectivity index (χ0n) is 19.2. The predicted molar refractivity (Wildman–Crippen MR) is 127 cm³/mol. The molecule has 2 amide bonds. The molecule has 9 nitrogen and oxygen atoms in total. The van der Waals surface area contributed by atoms with Crippen LogP contribution in [-0.2, 0) is 14.3 Å². The topological polar surface area (TPSA) is 111 Å².